The molecule has 0 aromatic heterocycles. The van der Waals surface area contributed by atoms with Crippen molar-refractivity contribution in [1.29, 1.82) is 0 Å². The fourth-order valence-corrected chi connectivity index (χ4v) is 0. The van der Waals surface area contributed by atoms with E-state index in [2.05, 4.69) is 6.92 Å². The summed E-state index contributed by atoms with van der Waals surface area (Å²) in [5, 5.41) is 0. The topological polar surface area (TPSA) is 0 Å². The zero-order valence-electron chi connectivity index (χ0n) is 4.86. The minimum absolute atomic E-state index is 0. The van der Waals surface area contributed by atoms with E-state index in [9.17, 15) is 0 Å². The second kappa shape index (κ2) is 35.9. The van der Waals surface area contributed by atoms with Crippen LogP contribution in [-0.2, 0) is 32.7 Å². The summed E-state index contributed by atoms with van der Waals surface area (Å²) in [6.45, 7) is 9.00. The standard InChI is InChI=1S/C3H7.C2H5.Y/c1-3-2;1-2;/h3H,1-2H3;1H2,2H3;/q2*-1;. The van der Waals surface area contributed by atoms with Gasteiger partial charge >= 0.3 is 0 Å². The van der Waals surface area contributed by atoms with Crippen LogP contribution in [0, 0.1) is 13.3 Å². The maximum absolute atomic E-state index is 3.25. The van der Waals surface area contributed by atoms with Crippen LogP contribution in [0.5, 0.6) is 0 Å². The minimum Gasteiger partial charge on any atom is -0.346 e. The van der Waals surface area contributed by atoms with E-state index in [-0.39, 0.29) is 32.7 Å². The summed E-state index contributed by atoms with van der Waals surface area (Å²) >= 11 is 0. The fourth-order valence-electron chi connectivity index (χ4n) is 0. The van der Waals surface area contributed by atoms with Crippen molar-refractivity contribution in [2.75, 3.05) is 0 Å². The van der Waals surface area contributed by atoms with Crippen LogP contribution in [0.15, 0.2) is 0 Å². The van der Waals surface area contributed by atoms with Crippen LogP contribution in [0.2, 0.25) is 0 Å². The molecule has 0 saturated carbocycles. The third kappa shape index (κ3) is 70.5. The molecule has 0 bridgehead atoms. The van der Waals surface area contributed by atoms with Crippen LogP contribution in [0.25, 0.3) is 0 Å². The quantitative estimate of drug-likeness (QED) is 0.477. The predicted octanol–water partition coefficient (Wildman–Crippen LogP) is 2.07. The van der Waals surface area contributed by atoms with Gasteiger partial charge in [-0.15, -0.1) is 0 Å². The normalized spacial score (nSPS) is 4.00. The van der Waals surface area contributed by atoms with Crippen LogP contribution in [0.3, 0.4) is 0 Å². The largest absolute Gasteiger partial charge is 0.346 e. The summed E-state index contributed by atoms with van der Waals surface area (Å²) in [6.07, 6.45) is 2.00. The molecule has 0 aliphatic carbocycles. The molecule has 0 fully saturated rings. The Bertz CT molecular complexity index is 3.90. The van der Waals surface area contributed by atoms with E-state index >= 15 is 0 Å². The van der Waals surface area contributed by atoms with Crippen LogP contribution in [0.1, 0.15) is 20.8 Å². The molecule has 0 amide bonds. The van der Waals surface area contributed by atoms with Gasteiger partial charge in [0, 0.05) is 32.7 Å². The first-order valence-corrected chi connectivity index (χ1v) is 1.86. The van der Waals surface area contributed by atoms with E-state index in [0.29, 0.717) is 0 Å². The molecular weight excluding hydrogens is 149 g/mol. The number of hydrogen-bond donors (Lipinski definition) is 0. The van der Waals surface area contributed by atoms with E-state index in [1.54, 1.807) is 6.92 Å². The molecule has 0 unspecified atom stereocenters. The van der Waals surface area contributed by atoms with E-state index < -0.39 is 0 Å². The second-order valence-electron chi connectivity index (χ2n) is 0.577. The summed E-state index contributed by atoms with van der Waals surface area (Å²) in [7, 11) is 0. The second-order valence-corrected chi connectivity index (χ2v) is 0.577. The van der Waals surface area contributed by atoms with Gasteiger partial charge in [-0.2, -0.15) is 20.8 Å². The van der Waals surface area contributed by atoms with E-state index in [4.69, 9.17) is 0 Å². The van der Waals surface area contributed by atoms with Crippen LogP contribution < -0.4 is 0 Å². The molecule has 0 nitrogen and oxygen atoms in total. The van der Waals surface area contributed by atoms with Crippen molar-refractivity contribution in [1.82, 2.24) is 0 Å². The summed E-state index contributed by atoms with van der Waals surface area (Å²) in [4.78, 5) is 0. The summed E-state index contributed by atoms with van der Waals surface area (Å²) < 4.78 is 0. The maximum atomic E-state index is 3.25. The van der Waals surface area contributed by atoms with Crippen molar-refractivity contribution >= 4 is 0 Å². The van der Waals surface area contributed by atoms with Gasteiger partial charge in [0.25, 0.3) is 0 Å². The first-order valence-electron chi connectivity index (χ1n) is 1.86. The molecular formula is C5H12Y-2. The molecule has 37 valence electrons. The van der Waals surface area contributed by atoms with Crippen LogP contribution in [0.4, 0.5) is 0 Å². The Morgan fingerprint density at radius 1 is 1.17 bits per heavy atom. The molecule has 0 aromatic carbocycles. The molecule has 6 heavy (non-hydrogen) atoms. The molecule has 0 atom stereocenters. The molecule has 0 saturated heterocycles. The van der Waals surface area contributed by atoms with Gasteiger partial charge in [-0.1, -0.05) is 0 Å². The van der Waals surface area contributed by atoms with Gasteiger partial charge in [-0.25, -0.2) is 0 Å². The molecule has 0 heterocycles. The Morgan fingerprint density at radius 2 is 1.17 bits per heavy atom. The van der Waals surface area contributed by atoms with Gasteiger partial charge in [-0.3, -0.25) is 0 Å². The Kier molecular flexibility index (Phi) is 94.1. The van der Waals surface area contributed by atoms with Gasteiger partial charge in [0.15, 0.2) is 0 Å². The summed E-state index contributed by atoms with van der Waals surface area (Å²) in [6, 6.07) is 0. The summed E-state index contributed by atoms with van der Waals surface area (Å²) in [5.41, 5.74) is 0. The molecule has 0 spiro atoms. The average Bonchev–Trinajstić information content (AvgIpc) is 1.46. The average molecular weight is 161 g/mol. The van der Waals surface area contributed by atoms with Gasteiger partial charge in [0.2, 0.25) is 0 Å². The zero-order valence-corrected chi connectivity index (χ0v) is 7.70. The Hall–Kier alpha value is 1.10. The third-order valence-corrected chi connectivity index (χ3v) is 0. The van der Waals surface area contributed by atoms with Gasteiger partial charge in [0.05, 0.1) is 0 Å². The molecule has 0 rings (SSSR count). The van der Waals surface area contributed by atoms with Crippen molar-refractivity contribution in [3.63, 3.8) is 0 Å². The Labute approximate surface area is 66.6 Å². The first-order chi connectivity index (χ1) is 2.41. The molecule has 0 aromatic rings. The van der Waals surface area contributed by atoms with Crippen molar-refractivity contribution in [3.05, 3.63) is 13.3 Å². The van der Waals surface area contributed by atoms with Crippen molar-refractivity contribution < 1.29 is 32.7 Å². The monoisotopic (exact) mass is 161 g/mol. The number of rotatable bonds is 0. The molecule has 1 radical (unpaired) electrons. The van der Waals surface area contributed by atoms with Crippen molar-refractivity contribution in [2.24, 2.45) is 0 Å². The minimum atomic E-state index is 0. The van der Waals surface area contributed by atoms with Crippen molar-refractivity contribution in [3.8, 4) is 0 Å². The van der Waals surface area contributed by atoms with Gasteiger partial charge in [-0.05, 0) is 0 Å². The van der Waals surface area contributed by atoms with Crippen LogP contribution in [-0.4, -0.2) is 0 Å². The molecule has 0 aliphatic heterocycles. The molecule has 0 N–H and O–H groups in total. The first kappa shape index (κ1) is 15.7. The Balaban J connectivity index is -0.0000000275. The predicted molar refractivity (Wildman–Crippen MR) is 26.7 cm³/mol. The molecule has 1 heteroatoms. The smallest absolute Gasteiger partial charge is 0 e. The van der Waals surface area contributed by atoms with E-state index in [1.165, 1.54) is 0 Å². The molecule has 0 aliphatic rings. The van der Waals surface area contributed by atoms with Gasteiger partial charge < -0.3 is 13.3 Å². The summed E-state index contributed by atoms with van der Waals surface area (Å²) in [5.74, 6) is 0. The van der Waals surface area contributed by atoms with Crippen LogP contribution >= 0.6 is 0 Å². The van der Waals surface area contributed by atoms with Crippen molar-refractivity contribution in [2.45, 2.75) is 20.8 Å². The maximum Gasteiger partial charge on any atom is 0 e. The third-order valence-electron chi connectivity index (χ3n) is 0. The Morgan fingerprint density at radius 3 is 1.17 bits per heavy atom. The number of hydrogen-bond acceptors (Lipinski definition) is 0. The fraction of sp³-hybridized carbons (Fsp3) is 0.600. The van der Waals surface area contributed by atoms with E-state index in [0.717, 1.165) is 0 Å². The van der Waals surface area contributed by atoms with Gasteiger partial charge in [0.1, 0.15) is 0 Å². The van der Waals surface area contributed by atoms with E-state index in [1.807, 2.05) is 20.3 Å². The zero-order chi connectivity index (χ0) is 4.71. The SMILES string of the molecule is C[CH-]C.[CH2-]C.[Y].